The van der Waals surface area contributed by atoms with Crippen molar-refractivity contribution in [1.29, 1.82) is 0 Å². The van der Waals surface area contributed by atoms with Gasteiger partial charge in [0.15, 0.2) is 0 Å². The highest BCUT2D eigenvalue weighted by atomic mass is 16.3. The van der Waals surface area contributed by atoms with Gasteiger partial charge in [-0.15, -0.1) is 0 Å². The maximum Gasteiger partial charge on any atom is 0.141 e. The summed E-state index contributed by atoms with van der Waals surface area (Å²) < 4.78 is 2.14. The molecular weight excluding hydrogens is 200 g/mol. The van der Waals surface area contributed by atoms with Gasteiger partial charge in [-0.2, -0.15) is 0 Å². The molecule has 1 heterocycles. The lowest BCUT2D eigenvalue weighted by Gasteiger charge is -2.32. The zero-order chi connectivity index (χ0) is 11.2. The molecule has 2 aliphatic carbocycles. The molecule has 0 spiro atoms. The van der Waals surface area contributed by atoms with Crippen LogP contribution < -0.4 is 0 Å². The number of aryl methyl sites for hydroxylation is 1. The SMILES string of the molecule is CCCn1ccnc1C1(O)CC2CCC1C2. The summed E-state index contributed by atoms with van der Waals surface area (Å²) in [5, 5.41) is 10.9. The van der Waals surface area contributed by atoms with Crippen LogP contribution in [0.1, 0.15) is 44.9 Å². The van der Waals surface area contributed by atoms with Crippen LogP contribution in [0, 0.1) is 11.8 Å². The van der Waals surface area contributed by atoms with Gasteiger partial charge in [0.2, 0.25) is 0 Å². The van der Waals surface area contributed by atoms with Crippen molar-refractivity contribution in [2.75, 3.05) is 0 Å². The highest BCUT2D eigenvalue weighted by molar-refractivity contribution is 5.14. The van der Waals surface area contributed by atoms with Crippen LogP contribution in [-0.2, 0) is 12.1 Å². The zero-order valence-corrected chi connectivity index (χ0v) is 9.89. The Kier molecular flexibility index (Phi) is 2.32. The molecule has 0 amide bonds. The lowest BCUT2D eigenvalue weighted by atomic mass is 9.83. The van der Waals surface area contributed by atoms with E-state index in [4.69, 9.17) is 0 Å². The second-order valence-corrected chi connectivity index (χ2v) is 5.45. The van der Waals surface area contributed by atoms with Crippen molar-refractivity contribution < 1.29 is 5.11 Å². The number of fused-ring (bicyclic) bond motifs is 2. The van der Waals surface area contributed by atoms with Crippen molar-refractivity contribution in [2.45, 2.75) is 51.2 Å². The number of imidazole rings is 1. The summed E-state index contributed by atoms with van der Waals surface area (Å²) >= 11 is 0. The first-order chi connectivity index (χ1) is 7.74. The lowest BCUT2D eigenvalue weighted by Crippen LogP contribution is -2.35. The molecule has 0 aromatic carbocycles. The van der Waals surface area contributed by atoms with E-state index in [2.05, 4.69) is 16.5 Å². The summed E-state index contributed by atoms with van der Waals surface area (Å²) in [6.45, 7) is 3.13. The van der Waals surface area contributed by atoms with Crippen LogP contribution >= 0.6 is 0 Å². The van der Waals surface area contributed by atoms with Crippen LogP contribution in [0.2, 0.25) is 0 Å². The number of rotatable bonds is 3. The summed E-state index contributed by atoms with van der Waals surface area (Å²) in [6.07, 6.45) is 9.54. The first-order valence-corrected chi connectivity index (χ1v) is 6.48. The Morgan fingerprint density at radius 2 is 2.44 bits per heavy atom. The molecule has 2 saturated carbocycles. The Balaban J connectivity index is 1.93. The molecule has 3 atom stereocenters. The third-order valence-corrected chi connectivity index (χ3v) is 4.38. The molecular formula is C13H20N2O. The summed E-state index contributed by atoms with van der Waals surface area (Å²) in [4.78, 5) is 4.42. The van der Waals surface area contributed by atoms with Gasteiger partial charge in [-0.1, -0.05) is 6.92 Å². The molecule has 3 heteroatoms. The van der Waals surface area contributed by atoms with E-state index in [0.717, 1.165) is 31.1 Å². The molecule has 1 aromatic rings. The fourth-order valence-corrected chi connectivity index (χ4v) is 3.69. The van der Waals surface area contributed by atoms with Gasteiger partial charge in [-0.25, -0.2) is 4.98 Å². The number of hydrogen-bond donors (Lipinski definition) is 1. The Morgan fingerprint density at radius 1 is 1.56 bits per heavy atom. The minimum Gasteiger partial charge on any atom is -0.382 e. The van der Waals surface area contributed by atoms with Gasteiger partial charge in [0, 0.05) is 18.9 Å². The van der Waals surface area contributed by atoms with Crippen LogP contribution in [0.15, 0.2) is 12.4 Å². The Labute approximate surface area is 96.5 Å². The molecule has 0 aliphatic heterocycles. The molecule has 2 fully saturated rings. The molecule has 88 valence electrons. The lowest BCUT2D eigenvalue weighted by molar-refractivity contribution is -0.0292. The van der Waals surface area contributed by atoms with Crippen LogP contribution in [0.4, 0.5) is 0 Å². The van der Waals surface area contributed by atoms with Crippen molar-refractivity contribution in [3.8, 4) is 0 Å². The third-order valence-electron chi connectivity index (χ3n) is 4.38. The fraction of sp³-hybridized carbons (Fsp3) is 0.769. The first-order valence-electron chi connectivity index (χ1n) is 6.48. The molecule has 3 rings (SSSR count). The van der Waals surface area contributed by atoms with E-state index in [0.29, 0.717) is 5.92 Å². The summed E-state index contributed by atoms with van der Waals surface area (Å²) in [6, 6.07) is 0. The molecule has 3 nitrogen and oxygen atoms in total. The van der Waals surface area contributed by atoms with Gasteiger partial charge in [-0.05, 0) is 43.9 Å². The number of aromatic nitrogens is 2. The summed E-state index contributed by atoms with van der Waals surface area (Å²) in [5.74, 6) is 2.11. The largest absolute Gasteiger partial charge is 0.382 e. The van der Waals surface area contributed by atoms with E-state index >= 15 is 0 Å². The monoisotopic (exact) mass is 220 g/mol. The molecule has 0 saturated heterocycles. The van der Waals surface area contributed by atoms with Crippen LogP contribution in [0.3, 0.4) is 0 Å². The van der Waals surface area contributed by atoms with Crippen molar-refractivity contribution >= 4 is 0 Å². The molecule has 1 N–H and O–H groups in total. The maximum atomic E-state index is 10.9. The molecule has 16 heavy (non-hydrogen) atoms. The topological polar surface area (TPSA) is 38.0 Å². The van der Waals surface area contributed by atoms with E-state index in [1.807, 2.05) is 12.4 Å². The first kappa shape index (κ1) is 10.3. The average Bonchev–Trinajstić information content (AvgIpc) is 2.91. The molecule has 0 radical (unpaired) electrons. The minimum atomic E-state index is -0.623. The molecule has 2 bridgehead atoms. The fourth-order valence-electron chi connectivity index (χ4n) is 3.69. The van der Waals surface area contributed by atoms with E-state index in [9.17, 15) is 5.11 Å². The van der Waals surface area contributed by atoms with E-state index in [-0.39, 0.29) is 0 Å². The van der Waals surface area contributed by atoms with Gasteiger partial charge in [-0.3, -0.25) is 0 Å². The Morgan fingerprint density at radius 3 is 3.06 bits per heavy atom. The number of aliphatic hydroxyl groups is 1. The Hall–Kier alpha value is -0.830. The minimum absolute atomic E-state index is 0.454. The van der Waals surface area contributed by atoms with Crippen molar-refractivity contribution in [3.05, 3.63) is 18.2 Å². The summed E-state index contributed by atoms with van der Waals surface area (Å²) in [7, 11) is 0. The van der Waals surface area contributed by atoms with Gasteiger partial charge in [0.05, 0.1) is 0 Å². The van der Waals surface area contributed by atoms with Crippen molar-refractivity contribution in [2.24, 2.45) is 11.8 Å². The van der Waals surface area contributed by atoms with Crippen molar-refractivity contribution in [3.63, 3.8) is 0 Å². The van der Waals surface area contributed by atoms with E-state index in [1.165, 1.54) is 19.3 Å². The highest BCUT2D eigenvalue weighted by Gasteiger charge is 2.52. The zero-order valence-electron chi connectivity index (χ0n) is 9.89. The maximum absolute atomic E-state index is 10.9. The number of nitrogens with zero attached hydrogens (tertiary/aromatic N) is 2. The van der Waals surface area contributed by atoms with Crippen LogP contribution in [-0.4, -0.2) is 14.7 Å². The van der Waals surface area contributed by atoms with Gasteiger partial charge < -0.3 is 9.67 Å². The van der Waals surface area contributed by atoms with E-state index in [1.54, 1.807) is 0 Å². The van der Waals surface area contributed by atoms with Gasteiger partial charge >= 0.3 is 0 Å². The average molecular weight is 220 g/mol. The Bertz CT molecular complexity index is 387. The van der Waals surface area contributed by atoms with Crippen LogP contribution in [0.5, 0.6) is 0 Å². The quantitative estimate of drug-likeness (QED) is 0.848. The second-order valence-electron chi connectivity index (χ2n) is 5.45. The standard InChI is InChI=1S/C13H20N2O/c1-2-6-15-7-5-14-12(15)13(16)9-10-3-4-11(13)8-10/h5,7,10-11,16H,2-4,6,8-9H2,1H3. The molecule has 2 aliphatic rings. The van der Waals surface area contributed by atoms with E-state index < -0.39 is 5.60 Å². The van der Waals surface area contributed by atoms with Crippen LogP contribution in [0.25, 0.3) is 0 Å². The predicted octanol–water partition coefficient (Wildman–Crippen LogP) is 2.30. The second kappa shape index (κ2) is 3.59. The summed E-state index contributed by atoms with van der Waals surface area (Å²) in [5.41, 5.74) is -0.623. The van der Waals surface area contributed by atoms with Gasteiger partial charge in [0.25, 0.3) is 0 Å². The highest BCUT2D eigenvalue weighted by Crippen LogP contribution is 2.55. The smallest absolute Gasteiger partial charge is 0.141 e. The molecule has 1 aromatic heterocycles. The molecule has 3 unspecified atom stereocenters. The predicted molar refractivity (Wildman–Crippen MR) is 61.9 cm³/mol. The normalized spacial score (nSPS) is 37.1. The van der Waals surface area contributed by atoms with Gasteiger partial charge in [0.1, 0.15) is 11.4 Å². The van der Waals surface area contributed by atoms with Crippen molar-refractivity contribution in [1.82, 2.24) is 9.55 Å². The number of hydrogen-bond acceptors (Lipinski definition) is 2. The third kappa shape index (κ3) is 1.34.